The van der Waals surface area contributed by atoms with Crippen molar-refractivity contribution in [2.24, 2.45) is 0 Å². The van der Waals surface area contributed by atoms with Crippen LogP contribution in [0.15, 0.2) is 235 Å². The van der Waals surface area contributed by atoms with Gasteiger partial charge in [-0.25, -0.2) is 0 Å². The van der Waals surface area contributed by atoms with Gasteiger partial charge < -0.3 is 4.42 Å². The van der Waals surface area contributed by atoms with Crippen LogP contribution in [-0.2, 0) is 0 Å². The van der Waals surface area contributed by atoms with Crippen LogP contribution < -0.4 is 0 Å². The molecule has 11 aromatic carbocycles. The van der Waals surface area contributed by atoms with Crippen LogP contribution in [0.5, 0.6) is 0 Å². The minimum Gasteiger partial charge on any atom is -0.456 e. The number of benzene rings is 11. The van der Waals surface area contributed by atoms with E-state index in [-0.39, 0.29) is 0 Å². The van der Waals surface area contributed by atoms with E-state index in [9.17, 15) is 0 Å². The van der Waals surface area contributed by atoms with Gasteiger partial charge in [0.05, 0.1) is 0 Å². The Balaban J connectivity index is 1.03. The molecule has 0 atom stereocenters. The average molecular weight is 799 g/mol. The van der Waals surface area contributed by atoms with Crippen molar-refractivity contribution >= 4 is 43.1 Å². The SMILES string of the molecule is c1ccc(-c2c3c(c(-c4ccccc4)c4cc(-c5ccc(-c6ccc7c(-c8ccccc8)c8ccccc8c(-c8ccccc8)c7c6)o5)ccc24)-c2cccc4cccc-3c24)cc1. The molecule has 1 heteroatoms. The lowest BCUT2D eigenvalue weighted by molar-refractivity contribution is 0.597. The second-order valence-electron chi connectivity index (χ2n) is 16.7. The van der Waals surface area contributed by atoms with Crippen molar-refractivity contribution in [2.45, 2.75) is 0 Å². The number of fused-ring (bicyclic) bond motifs is 6. The Morgan fingerprint density at radius 3 is 1.06 bits per heavy atom. The van der Waals surface area contributed by atoms with Crippen LogP contribution >= 0.6 is 0 Å². The minimum atomic E-state index is 0.838. The smallest absolute Gasteiger partial charge is 0.134 e. The average Bonchev–Trinajstić information content (AvgIpc) is 3.98. The second-order valence-corrected chi connectivity index (χ2v) is 16.7. The van der Waals surface area contributed by atoms with E-state index in [2.05, 4.69) is 231 Å². The molecule has 0 radical (unpaired) electrons. The fourth-order valence-electron chi connectivity index (χ4n) is 10.6. The van der Waals surface area contributed by atoms with Crippen molar-refractivity contribution in [3.05, 3.63) is 231 Å². The van der Waals surface area contributed by atoms with Crippen molar-refractivity contribution in [3.63, 3.8) is 0 Å². The highest BCUT2D eigenvalue weighted by molar-refractivity contribution is 6.28. The third-order valence-corrected chi connectivity index (χ3v) is 13.2. The quantitative estimate of drug-likeness (QED) is 0.153. The van der Waals surface area contributed by atoms with Gasteiger partial charge >= 0.3 is 0 Å². The maximum atomic E-state index is 6.95. The van der Waals surface area contributed by atoms with Gasteiger partial charge in [-0.3, -0.25) is 0 Å². The van der Waals surface area contributed by atoms with Gasteiger partial charge in [0, 0.05) is 11.1 Å². The molecular weight excluding hydrogens is 761 g/mol. The van der Waals surface area contributed by atoms with Crippen LogP contribution in [0.1, 0.15) is 0 Å². The van der Waals surface area contributed by atoms with Crippen LogP contribution in [0.25, 0.3) is 132 Å². The standard InChI is InChI=1S/C62H38O/c1-5-17-39(18-6-1)56-46-27-13-14-28-47(46)57(40-19-7-2-8-20-40)52-37-44(31-33-48(52)56)54-35-36-55(63-54)45-32-34-49-53(38-45)60(43-23-11-4-12-24-43)62-51-30-16-26-41-25-15-29-50(58(41)51)61(62)59(49)42-21-9-3-10-22-42/h1-38H. The molecule has 0 saturated carbocycles. The molecule has 12 aromatic rings. The highest BCUT2D eigenvalue weighted by atomic mass is 16.3. The maximum absolute atomic E-state index is 6.95. The molecule has 1 aliphatic carbocycles. The van der Waals surface area contributed by atoms with E-state index in [1.807, 2.05) is 0 Å². The fraction of sp³-hybridized carbons (Fsp3) is 0. The largest absolute Gasteiger partial charge is 0.456 e. The lowest BCUT2D eigenvalue weighted by atomic mass is 9.82. The summed E-state index contributed by atoms with van der Waals surface area (Å²) in [4.78, 5) is 0. The Morgan fingerprint density at radius 1 is 0.222 bits per heavy atom. The Bertz CT molecular complexity index is 3740. The first-order chi connectivity index (χ1) is 31.3. The second kappa shape index (κ2) is 14.2. The maximum Gasteiger partial charge on any atom is 0.134 e. The van der Waals surface area contributed by atoms with Crippen LogP contribution in [0.2, 0.25) is 0 Å². The first-order valence-electron chi connectivity index (χ1n) is 21.8. The Labute approximate surface area is 365 Å². The molecule has 0 aliphatic heterocycles. The number of hydrogen-bond acceptors (Lipinski definition) is 1. The van der Waals surface area contributed by atoms with E-state index in [1.54, 1.807) is 0 Å². The first kappa shape index (κ1) is 35.5. The van der Waals surface area contributed by atoms with Crippen molar-refractivity contribution < 1.29 is 4.42 Å². The molecular formula is C62H38O. The van der Waals surface area contributed by atoms with Gasteiger partial charge in [0.25, 0.3) is 0 Å². The molecule has 0 spiro atoms. The molecule has 0 N–H and O–H groups in total. The molecule has 1 nitrogen and oxygen atoms in total. The molecule has 0 saturated heterocycles. The summed E-state index contributed by atoms with van der Waals surface area (Å²) in [6, 6.07) is 83.9. The summed E-state index contributed by atoms with van der Waals surface area (Å²) in [7, 11) is 0. The van der Waals surface area contributed by atoms with Gasteiger partial charge in [0.15, 0.2) is 0 Å². The van der Waals surface area contributed by atoms with Gasteiger partial charge in [0.1, 0.15) is 11.5 Å². The van der Waals surface area contributed by atoms with Crippen LogP contribution in [0.3, 0.4) is 0 Å². The molecule has 13 rings (SSSR count). The van der Waals surface area contributed by atoms with E-state index in [4.69, 9.17) is 4.42 Å². The highest BCUT2D eigenvalue weighted by Gasteiger charge is 2.30. The van der Waals surface area contributed by atoms with Crippen molar-refractivity contribution in [1.29, 1.82) is 0 Å². The monoisotopic (exact) mass is 798 g/mol. The zero-order valence-electron chi connectivity index (χ0n) is 34.3. The van der Waals surface area contributed by atoms with E-state index < -0.39 is 0 Å². The molecule has 0 amide bonds. The summed E-state index contributed by atoms with van der Waals surface area (Å²) in [5, 5.41) is 9.92. The molecule has 0 unspecified atom stereocenters. The van der Waals surface area contributed by atoms with Crippen LogP contribution in [-0.4, -0.2) is 0 Å². The molecule has 1 aliphatic rings. The zero-order valence-corrected chi connectivity index (χ0v) is 34.3. The van der Waals surface area contributed by atoms with Gasteiger partial charge in [0.2, 0.25) is 0 Å². The van der Waals surface area contributed by atoms with Gasteiger partial charge in [-0.15, -0.1) is 0 Å². The topological polar surface area (TPSA) is 13.1 Å². The van der Waals surface area contributed by atoms with E-state index in [0.717, 1.165) is 22.6 Å². The van der Waals surface area contributed by atoms with E-state index in [1.165, 1.54) is 110 Å². The molecule has 0 fully saturated rings. The number of furan rings is 1. The number of hydrogen-bond donors (Lipinski definition) is 0. The molecule has 63 heavy (non-hydrogen) atoms. The Morgan fingerprint density at radius 2 is 0.587 bits per heavy atom. The van der Waals surface area contributed by atoms with E-state index in [0.29, 0.717) is 0 Å². The molecule has 1 heterocycles. The summed E-state index contributed by atoms with van der Waals surface area (Å²) < 4.78 is 6.95. The lowest BCUT2D eigenvalue weighted by Gasteiger charge is -2.21. The van der Waals surface area contributed by atoms with Crippen molar-refractivity contribution in [2.75, 3.05) is 0 Å². The van der Waals surface area contributed by atoms with Crippen LogP contribution in [0.4, 0.5) is 0 Å². The van der Waals surface area contributed by atoms with Gasteiger partial charge in [-0.1, -0.05) is 206 Å². The van der Waals surface area contributed by atoms with Crippen LogP contribution in [0, 0.1) is 0 Å². The predicted octanol–water partition coefficient (Wildman–Crippen LogP) is 17.5. The highest BCUT2D eigenvalue weighted by Crippen LogP contribution is 2.58. The summed E-state index contributed by atoms with van der Waals surface area (Å²) in [6.07, 6.45) is 0. The third-order valence-electron chi connectivity index (χ3n) is 13.2. The van der Waals surface area contributed by atoms with Crippen molar-refractivity contribution in [3.8, 4) is 89.4 Å². The normalized spacial score (nSPS) is 11.8. The summed E-state index contributed by atoms with van der Waals surface area (Å²) in [5.41, 5.74) is 17.1. The molecule has 0 bridgehead atoms. The summed E-state index contributed by atoms with van der Waals surface area (Å²) in [5.74, 6) is 1.68. The van der Waals surface area contributed by atoms with Gasteiger partial charge in [-0.2, -0.15) is 0 Å². The van der Waals surface area contributed by atoms with E-state index >= 15 is 0 Å². The molecule has 292 valence electrons. The Hall–Kier alpha value is -8.26. The van der Waals surface area contributed by atoms with Gasteiger partial charge in [-0.05, 0) is 134 Å². The Kier molecular flexibility index (Phi) is 7.98. The minimum absolute atomic E-state index is 0.838. The summed E-state index contributed by atoms with van der Waals surface area (Å²) in [6.45, 7) is 0. The fourth-order valence-corrected chi connectivity index (χ4v) is 10.6. The predicted molar refractivity (Wildman–Crippen MR) is 266 cm³/mol. The number of rotatable bonds is 6. The summed E-state index contributed by atoms with van der Waals surface area (Å²) >= 11 is 0. The molecule has 1 aromatic heterocycles. The van der Waals surface area contributed by atoms with Crippen molar-refractivity contribution in [1.82, 2.24) is 0 Å². The third kappa shape index (κ3) is 5.50. The lowest BCUT2D eigenvalue weighted by Crippen LogP contribution is -1.94. The zero-order chi connectivity index (χ0) is 41.4. The first-order valence-corrected chi connectivity index (χ1v) is 21.8.